The van der Waals surface area contributed by atoms with Gasteiger partial charge in [0.05, 0.1) is 17.8 Å². The summed E-state index contributed by atoms with van der Waals surface area (Å²) in [6.45, 7) is 10.1. The smallest absolute Gasteiger partial charge is 0.260 e. The molecule has 0 saturated heterocycles. The van der Waals surface area contributed by atoms with E-state index in [1.54, 1.807) is 29.8 Å². The number of benzene rings is 1. The van der Waals surface area contributed by atoms with E-state index in [1.807, 2.05) is 23.1 Å². The van der Waals surface area contributed by atoms with Crippen LogP contribution in [0.2, 0.25) is 0 Å². The van der Waals surface area contributed by atoms with Crippen LogP contribution in [0.4, 0.5) is 10.8 Å². The van der Waals surface area contributed by atoms with Crippen molar-refractivity contribution in [3.63, 3.8) is 0 Å². The normalized spacial score (nSPS) is 13.8. The molecular weight excluding hydrogens is 404 g/mol. The molecule has 1 aliphatic carbocycles. The average Bonchev–Trinajstić information content (AvgIpc) is 3.50. The molecule has 0 bridgehead atoms. The van der Waals surface area contributed by atoms with Crippen LogP contribution in [0.1, 0.15) is 62.2 Å². The second-order valence-electron chi connectivity index (χ2n) is 9.07. The zero-order valence-corrected chi connectivity index (χ0v) is 19.5. The highest BCUT2D eigenvalue weighted by Crippen LogP contribution is 2.34. The summed E-state index contributed by atoms with van der Waals surface area (Å²) in [6, 6.07) is 12.5. The number of carbonyl (C=O) groups is 1. The van der Waals surface area contributed by atoms with Gasteiger partial charge in [-0.2, -0.15) is 0 Å². The summed E-state index contributed by atoms with van der Waals surface area (Å²) < 4.78 is 0. The van der Waals surface area contributed by atoms with Gasteiger partial charge in [-0.25, -0.2) is 4.98 Å². The summed E-state index contributed by atoms with van der Waals surface area (Å²) in [5, 5.41) is 3.13. The van der Waals surface area contributed by atoms with Crippen LogP contribution in [-0.2, 0) is 12.0 Å². The van der Waals surface area contributed by atoms with Crippen molar-refractivity contribution in [2.45, 2.75) is 58.5 Å². The number of pyridine rings is 1. The number of rotatable bonds is 7. The van der Waals surface area contributed by atoms with Crippen LogP contribution in [0.25, 0.3) is 0 Å². The molecule has 5 nitrogen and oxygen atoms in total. The number of hydrogen-bond donors (Lipinski definition) is 0. The second-order valence-corrected chi connectivity index (χ2v) is 9.91. The highest BCUT2D eigenvalue weighted by molar-refractivity contribution is 7.13. The van der Waals surface area contributed by atoms with E-state index in [2.05, 4.69) is 55.1 Å². The quantitative estimate of drug-likeness (QED) is 0.481. The fraction of sp³-hybridized carbons (Fsp3) is 0.400. The molecule has 3 aromatic rings. The Morgan fingerprint density at radius 3 is 2.65 bits per heavy atom. The number of amides is 1. The molecule has 0 spiro atoms. The van der Waals surface area contributed by atoms with Gasteiger partial charge in [-0.1, -0.05) is 32.9 Å². The summed E-state index contributed by atoms with van der Waals surface area (Å²) in [7, 11) is 0. The first-order valence-corrected chi connectivity index (χ1v) is 11.8. The summed E-state index contributed by atoms with van der Waals surface area (Å²) in [5.41, 5.74) is 3.56. The molecule has 1 amide bonds. The third-order valence-electron chi connectivity index (χ3n) is 5.61. The number of hydrogen-bond acceptors (Lipinski definition) is 5. The van der Waals surface area contributed by atoms with Crippen LogP contribution in [0.3, 0.4) is 0 Å². The van der Waals surface area contributed by atoms with E-state index >= 15 is 0 Å². The van der Waals surface area contributed by atoms with E-state index in [1.165, 1.54) is 18.4 Å². The lowest BCUT2D eigenvalue weighted by atomic mass is 9.87. The van der Waals surface area contributed by atoms with Crippen molar-refractivity contribution in [3.8, 4) is 0 Å². The van der Waals surface area contributed by atoms with Crippen molar-refractivity contribution < 1.29 is 4.79 Å². The monoisotopic (exact) mass is 434 g/mol. The van der Waals surface area contributed by atoms with Crippen molar-refractivity contribution in [2.24, 2.45) is 0 Å². The molecule has 0 aliphatic heterocycles. The van der Waals surface area contributed by atoms with Gasteiger partial charge in [0, 0.05) is 36.0 Å². The van der Waals surface area contributed by atoms with Crippen LogP contribution < -0.4 is 9.80 Å². The molecule has 1 saturated carbocycles. The zero-order chi connectivity index (χ0) is 22.0. The first-order valence-electron chi connectivity index (χ1n) is 10.9. The van der Waals surface area contributed by atoms with Gasteiger partial charge < -0.3 is 9.80 Å². The molecule has 6 heteroatoms. The maximum absolute atomic E-state index is 13.5. The van der Waals surface area contributed by atoms with Crippen LogP contribution in [0.5, 0.6) is 0 Å². The van der Waals surface area contributed by atoms with Crippen molar-refractivity contribution in [1.29, 1.82) is 0 Å². The van der Waals surface area contributed by atoms with E-state index in [0.717, 1.165) is 23.1 Å². The minimum absolute atomic E-state index is 0.00127. The number of carbonyl (C=O) groups excluding carboxylic acids is 1. The number of thiazole rings is 1. The molecule has 1 fully saturated rings. The summed E-state index contributed by atoms with van der Waals surface area (Å²) in [6.07, 6.45) is 5.80. The van der Waals surface area contributed by atoms with Crippen LogP contribution in [-0.4, -0.2) is 28.5 Å². The van der Waals surface area contributed by atoms with E-state index in [4.69, 9.17) is 4.98 Å². The molecule has 2 aromatic heterocycles. The number of aromatic nitrogens is 2. The van der Waals surface area contributed by atoms with E-state index in [-0.39, 0.29) is 11.3 Å². The van der Waals surface area contributed by atoms with Crippen molar-refractivity contribution >= 4 is 28.1 Å². The molecule has 162 valence electrons. The van der Waals surface area contributed by atoms with Gasteiger partial charge in [0.2, 0.25) is 0 Å². The number of nitrogens with zero attached hydrogens (tertiary/aromatic N) is 4. The number of anilines is 2. The summed E-state index contributed by atoms with van der Waals surface area (Å²) >= 11 is 1.67. The summed E-state index contributed by atoms with van der Waals surface area (Å²) in [5.74, 6) is -0.0664. The minimum Gasteiger partial charge on any atom is -0.345 e. The molecule has 0 N–H and O–H groups in total. The molecular formula is C25H30N4OS. The minimum atomic E-state index is -0.0664. The van der Waals surface area contributed by atoms with Crippen molar-refractivity contribution in [2.75, 3.05) is 16.3 Å². The molecule has 2 heterocycles. The van der Waals surface area contributed by atoms with Gasteiger partial charge in [-0.15, -0.1) is 11.3 Å². The maximum Gasteiger partial charge on any atom is 0.260 e. The molecule has 0 atom stereocenters. The first-order chi connectivity index (χ1) is 14.9. The predicted octanol–water partition coefficient (Wildman–Crippen LogP) is 5.67. The van der Waals surface area contributed by atoms with Crippen molar-refractivity contribution in [1.82, 2.24) is 9.97 Å². The topological polar surface area (TPSA) is 49.3 Å². The highest BCUT2D eigenvalue weighted by Gasteiger charge is 2.30. The van der Waals surface area contributed by atoms with Crippen LogP contribution in [0, 0.1) is 0 Å². The maximum atomic E-state index is 13.5. The Labute approximate surface area is 188 Å². The Morgan fingerprint density at radius 1 is 1.19 bits per heavy atom. The van der Waals surface area contributed by atoms with Gasteiger partial charge >= 0.3 is 0 Å². The van der Waals surface area contributed by atoms with Gasteiger partial charge in [0.1, 0.15) is 0 Å². The standard InChI is InChI=1S/C25H30N4OS/c1-5-28(21-11-12-21)24-27-20(17-31-24)16-29(23(30)18-8-7-13-26-15-18)22-10-6-9-19(14-22)25(2,3)4/h6-10,13-15,17,21H,5,11-12,16H2,1-4H3. The molecule has 1 aliphatic rings. The Hall–Kier alpha value is -2.73. The molecule has 31 heavy (non-hydrogen) atoms. The third kappa shape index (κ3) is 4.96. The van der Waals surface area contributed by atoms with Gasteiger partial charge in [-0.3, -0.25) is 9.78 Å². The van der Waals surface area contributed by atoms with Crippen LogP contribution in [0.15, 0.2) is 54.2 Å². The van der Waals surface area contributed by atoms with Gasteiger partial charge in [-0.05, 0) is 55.0 Å². The zero-order valence-electron chi connectivity index (χ0n) is 18.7. The second kappa shape index (κ2) is 8.79. The van der Waals surface area contributed by atoms with Crippen LogP contribution >= 0.6 is 11.3 Å². The lowest BCUT2D eigenvalue weighted by molar-refractivity contribution is 0.0984. The highest BCUT2D eigenvalue weighted by atomic mass is 32.1. The fourth-order valence-electron chi connectivity index (χ4n) is 3.66. The first kappa shape index (κ1) is 21.5. The van der Waals surface area contributed by atoms with Gasteiger partial charge in [0.25, 0.3) is 5.91 Å². The van der Waals surface area contributed by atoms with Crippen molar-refractivity contribution in [3.05, 3.63) is 71.0 Å². The molecule has 0 unspecified atom stereocenters. The SMILES string of the molecule is CCN(c1nc(CN(C(=O)c2cccnc2)c2cccc(C(C)(C)C)c2)cs1)C1CC1. The Kier molecular flexibility index (Phi) is 6.10. The summed E-state index contributed by atoms with van der Waals surface area (Å²) in [4.78, 5) is 26.7. The third-order valence-corrected chi connectivity index (χ3v) is 6.54. The predicted molar refractivity (Wildman–Crippen MR) is 128 cm³/mol. The largest absolute Gasteiger partial charge is 0.345 e. The average molecular weight is 435 g/mol. The van der Waals surface area contributed by atoms with E-state index in [9.17, 15) is 4.79 Å². The Balaban J connectivity index is 1.66. The lowest BCUT2D eigenvalue weighted by Crippen LogP contribution is -2.31. The lowest BCUT2D eigenvalue weighted by Gasteiger charge is -2.25. The van der Waals surface area contributed by atoms with E-state index < -0.39 is 0 Å². The van der Waals surface area contributed by atoms with Gasteiger partial charge in [0.15, 0.2) is 5.13 Å². The van der Waals surface area contributed by atoms with E-state index in [0.29, 0.717) is 18.2 Å². The molecule has 1 aromatic carbocycles. The Bertz CT molecular complexity index is 1040. The fourth-order valence-corrected chi connectivity index (χ4v) is 4.62. The Morgan fingerprint density at radius 2 is 2.00 bits per heavy atom. The molecule has 4 rings (SSSR count). The molecule has 0 radical (unpaired) electrons.